The molecule has 0 aromatic heterocycles. The maximum absolute atomic E-state index is 5.45. The molecule has 2 unspecified atom stereocenters. The van der Waals surface area contributed by atoms with Gasteiger partial charge in [0.25, 0.3) is 0 Å². The van der Waals surface area contributed by atoms with E-state index < -0.39 is 0 Å². The molecule has 0 aliphatic rings. The summed E-state index contributed by atoms with van der Waals surface area (Å²) < 4.78 is 0. The Morgan fingerprint density at radius 1 is 1.40 bits per heavy atom. The zero-order valence-electron chi connectivity index (χ0n) is 7.30. The molecule has 0 saturated heterocycles. The molecular formula is C8H19N2. The van der Waals surface area contributed by atoms with E-state index in [1.807, 2.05) is 6.92 Å². The fraction of sp³-hybridized carbons (Fsp3) is 1.00. The van der Waals surface area contributed by atoms with E-state index in [1.54, 1.807) is 0 Å². The van der Waals surface area contributed by atoms with Crippen LogP contribution in [-0.2, 0) is 0 Å². The molecule has 0 spiro atoms. The molecule has 0 amide bonds. The number of nitrogens with zero attached hydrogens (tertiary/aromatic N) is 1. The molecule has 2 heteroatoms. The molecule has 0 heterocycles. The monoisotopic (exact) mass is 143 g/mol. The summed E-state index contributed by atoms with van der Waals surface area (Å²) in [6.45, 7) is 7.29. The Balaban J connectivity index is 3.03. The minimum atomic E-state index is 0.0176. The standard InChI is InChI=1S/C8H19N2/c1-4-7(2)5-6-10-8(3)9/h7-8H,4-6,9H2,1-3H3. The van der Waals surface area contributed by atoms with Gasteiger partial charge in [0.2, 0.25) is 0 Å². The highest BCUT2D eigenvalue weighted by molar-refractivity contribution is 4.55. The van der Waals surface area contributed by atoms with Gasteiger partial charge in [0, 0.05) is 6.54 Å². The van der Waals surface area contributed by atoms with Crippen LogP contribution in [0.25, 0.3) is 0 Å². The fourth-order valence-corrected chi connectivity index (χ4v) is 0.703. The van der Waals surface area contributed by atoms with Crippen LogP contribution in [-0.4, -0.2) is 12.7 Å². The molecule has 2 N–H and O–H groups in total. The molecule has 10 heavy (non-hydrogen) atoms. The molecule has 61 valence electrons. The van der Waals surface area contributed by atoms with Gasteiger partial charge in [-0.25, -0.2) is 5.32 Å². The van der Waals surface area contributed by atoms with E-state index in [2.05, 4.69) is 19.2 Å². The average molecular weight is 143 g/mol. The molecule has 2 nitrogen and oxygen atoms in total. The van der Waals surface area contributed by atoms with Crippen molar-refractivity contribution in [2.24, 2.45) is 11.7 Å². The van der Waals surface area contributed by atoms with Crippen molar-refractivity contribution in [3.63, 3.8) is 0 Å². The summed E-state index contributed by atoms with van der Waals surface area (Å²) in [4.78, 5) is 0. The highest BCUT2D eigenvalue weighted by Gasteiger charge is 1.99. The van der Waals surface area contributed by atoms with Crippen molar-refractivity contribution in [2.75, 3.05) is 6.54 Å². The van der Waals surface area contributed by atoms with E-state index in [9.17, 15) is 0 Å². The SMILES string of the molecule is CCC(C)CC[N]C(C)N. The van der Waals surface area contributed by atoms with Gasteiger partial charge >= 0.3 is 0 Å². The van der Waals surface area contributed by atoms with Crippen molar-refractivity contribution < 1.29 is 0 Å². The Morgan fingerprint density at radius 3 is 2.40 bits per heavy atom. The van der Waals surface area contributed by atoms with Crippen LogP contribution in [0.15, 0.2) is 0 Å². The second-order valence-corrected chi connectivity index (χ2v) is 2.95. The molecule has 0 bridgehead atoms. The lowest BCUT2D eigenvalue weighted by molar-refractivity contribution is 0.456. The summed E-state index contributed by atoms with van der Waals surface area (Å²) in [6.07, 6.45) is 2.44. The first-order valence-corrected chi connectivity index (χ1v) is 4.09. The Morgan fingerprint density at radius 2 is 2.00 bits per heavy atom. The van der Waals surface area contributed by atoms with Crippen LogP contribution in [0.3, 0.4) is 0 Å². The van der Waals surface area contributed by atoms with E-state index >= 15 is 0 Å². The number of hydrogen-bond donors (Lipinski definition) is 1. The first-order chi connectivity index (χ1) is 4.66. The quantitative estimate of drug-likeness (QED) is 0.619. The molecular weight excluding hydrogens is 124 g/mol. The molecule has 2 atom stereocenters. The molecule has 0 aliphatic carbocycles. The van der Waals surface area contributed by atoms with Gasteiger partial charge in [-0.15, -0.1) is 0 Å². The topological polar surface area (TPSA) is 40.1 Å². The lowest BCUT2D eigenvalue weighted by atomic mass is 10.1. The summed E-state index contributed by atoms with van der Waals surface area (Å²) in [7, 11) is 0. The van der Waals surface area contributed by atoms with Gasteiger partial charge in [0.1, 0.15) is 0 Å². The number of rotatable bonds is 5. The van der Waals surface area contributed by atoms with E-state index in [0.29, 0.717) is 0 Å². The zero-order chi connectivity index (χ0) is 7.98. The molecule has 1 radical (unpaired) electrons. The van der Waals surface area contributed by atoms with Gasteiger partial charge < -0.3 is 5.73 Å². The molecule has 0 aromatic rings. The smallest absolute Gasteiger partial charge is 0.0682 e. The van der Waals surface area contributed by atoms with Crippen LogP contribution < -0.4 is 11.1 Å². The molecule has 0 rings (SSSR count). The first kappa shape index (κ1) is 9.92. The summed E-state index contributed by atoms with van der Waals surface area (Å²) in [5, 5.41) is 4.19. The predicted octanol–water partition coefficient (Wildman–Crippen LogP) is 1.33. The second-order valence-electron chi connectivity index (χ2n) is 2.95. The van der Waals surface area contributed by atoms with E-state index in [1.165, 1.54) is 12.8 Å². The van der Waals surface area contributed by atoms with Crippen LogP contribution in [0.5, 0.6) is 0 Å². The molecule has 0 saturated carbocycles. The van der Waals surface area contributed by atoms with E-state index in [4.69, 9.17) is 5.73 Å². The predicted molar refractivity (Wildman–Crippen MR) is 44.7 cm³/mol. The lowest BCUT2D eigenvalue weighted by Gasteiger charge is -2.09. The van der Waals surface area contributed by atoms with Crippen molar-refractivity contribution in [1.29, 1.82) is 0 Å². The van der Waals surface area contributed by atoms with Gasteiger partial charge in [-0.05, 0) is 19.3 Å². The van der Waals surface area contributed by atoms with E-state index in [-0.39, 0.29) is 6.17 Å². The third-order valence-corrected chi connectivity index (χ3v) is 1.74. The van der Waals surface area contributed by atoms with Crippen LogP contribution in [0.2, 0.25) is 0 Å². The highest BCUT2D eigenvalue weighted by Crippen LogP contribution is 2.04. The number of nitrogens with two attached hydrogens (primary N) is 1. The average Bonchev–Trinajstić information content (AvgIpc) is 1.87. The highest BCUT2D eigenvalue weighted by atomic mass is 15.0. The Labute approximate surface area is 64.2 Å². The van der Waals surface area contributed by atoms with Crippen LogP contribution in [0, 0.1) is 5.92 Å². The Bertz CT molecular complexity index is 71.7. The second kappa shape index (κ2) is 5.69. The normalized spacial score (nSPS) is 16.8. The Hall–Kier alpha value is -0.0800. The number of hydrogen-bond acceptors (Lipinski definition) is 1. The van der Waals surface area contributed by atoms with Gasteiger partial charge in [-0.3, -0.25) is 0 Å². The minimum Gasteiger partial charge on any atom is -0.315 e. The largest absolute Gasteiger partial charge is 0.315 e. The molecule has 0 aromatic carbocycles. The van der Waals surface area contributed by atoms with Gasteiger partial charge in [-0.1, -0.05) is 20.3 Å². The zero-order valence-corrected chi connectivity index (χ0v) is 7.30. The van der Waals surface area contributed by atoms with E-state index in [0.717, 1.165) is 12.5 Å². The summed E-state index contributed by atoms with van der Waals surface area (Å²) in [5.41, 5.74) is 5.45. The van der Waals surface area contributed by atoms with Crippen molar-refractivity contribution in [3.05, 3.63) is 0 Å². The van der Waals surface area contributed by atoms with Crippen LogP contribution in [0.1, 0.15) is 33.6 Å². The summed E-state index contributed by atoms with van der Waals surface area (Å²) >= 11 is 0. The van der Waals surface area contributed by atoms with Gasteiger partial charge in [0.05, 0.1) is 6.17 Å². The van der Waals surface area contributed by atoms with Crippen molar-refractivity contribution in [1.82, 2.24) is 5.32 Å². The molecule has 0 aliphatic heterocycles. The maximum Gasteiger partial charge on any atom is 0.0682 e. The van der Waals surface area contributed by atoms with Gasteiger partial charge in [0.15, 0.2) is 0 Å². The summed E-state index contributed by atoms with van der Waals surface area (Å²) in [5.74, 6) is 0.794. The maximum atomic E-state index is 5.45. The minimum absolute atomic E-state index is 0.0176. The lowest BCUT2D eigenvalue weighted by Crippen LogP contribution is -2.28. The van der Waals surface area contributed by atoms with Crippen molar-refractivity contribution in [2.45, 2.75) is 39.8 Å². The van der Waals surface area contributed by atoms with Crippen molar-refractivity contribution in [3.8, 4) is 0 Å². The van der Waals surface area contributed by atoms with Crippen molar-refractivity contribution >= 4 is 0 Å². The third-order valence-electron chi connectivity index (χ3n) is 1.74. The van der Waals surface area contributed by atoms with Crippen LogP contribution in [0.4, 0.5) is 0 Å². The Kier molecular flexibility index (Phi) is 5.64. The third kappa shape index (κ3) is 6.05. The summed E-state index contributed by atoms with van der Waals surface area (Å²) in [6, 6.07) is 0. The van der Waals surface area contributed by atoms with Crippen LogP contribution >= 0.6 is 0 Å². The fourth-order valence-electron chi connectivity index (χ4n) is 0.703. The molecule has 0 fully saturated rings. The first-order valence-electron chi connectivity index (χ1n) is 4.09. The van der Waals surface area contributed by atoms with Gasteiger partial charge in [-0.2, -0.15) is 0 Å².